The third-order valence-corrected chi connectivity index (χ3v) is 4.60. The fraction of sp³-hybridized carbons (Fsp3) is 0.632. The molecule has 1 aliphatic rings. The van der Waals surface area contributed by atoms with Crippen LogP contribution >= 0.6 is 0 Å². The van der Waals surface area contributed by atoms with E-state index >= 15 is 0 Å². The van der Waals surface area contributed by atoms with Gasteiger partial charge >= 0.3 is 6.03 Å². The first-order valence-electron chi connectivity index (χ1n) is 8.94. The van der Waals surface area contributed by atoms with Gasteiger partial charge in [-0.3, -0.25) is 0 Å². The fourth-order valence-corrected chi connectivity index (χ4v) is 3.07. The normalized spacial score (nSPS) is 17.9. The molecule has 1 aromatic carbocycles. The molecule has 0 bridgehead atoms. The molecule has 0 spiro atoms. The van der Waals surface area contributed by atoms with Crippen LogP contribution in [0.5, 0.6) is 0 Å². The van der Waals surface area contributed by atoms with Gasteiger partial charge in [0.2, 0.25) is 0 Å². The number of methoxy groups -OCH3 is 1. The zero-order valence-electron chi connectivity index (χ0n) is 15.3. The molecule has 5 heteroatoms. The number of nitrogens with one attached hydrogen (secondary N) is 1. The maximum atomic E-state index is 12.7. The second-order valence-corrected chi connectivity index (χ2v) is 6.58. The van der Waals surface area contributed by atoms with Gasteiger partial charge in [-0.05, 0) is 31.9 Å². The molecule has 1 aromatic rings. The Balaban J connectivity index is 1.93. The number of carbonyl (C=O) groups excluding carboxylic acids is 1. The minimum atomic E-state index is 0.0367. The number of carbonyl (C=O) groups is 1. The molecule has 1 heterocycles. The number of benzene rings is 1. The zero-order valence-corrected chi connectivity index (χ0v) is 15.3. The Bertz CT molecular complexity index is 504. The molecule has 0 aliphatic carbocycles. The first-order valence-corrected chi connectivity index (χ1v) is 8.94. The van der Waals surface area contributed by atoms with Gasteiger partial charge < -0.3 is 19.9 Å². The van der Waals surface area contributed by atoms with E-state index in [1.54, 1.807) is 7.11 Å². The third-order valence-electron chi connectivity index (χ3n) is 4.60. The molecular formula is C19H31N3O2. The summed E-state index contributed by atoms with van der Waals surface area (Å²) in [5.74, 6) is 0. The van der Waals surface area contributed by atoms with E-state index in [-0.39, 0.29) is 12.1 Å². The van der Waals surface area contributed by atoms with E-state index in [1.807, 2.05) is 4.90 Å². The van der Waals surface area contributed by atoms with Gasteiger partial charge in [-0.25, -0.2) is 4.79 Å². The highest BCUT2D eigenvalue weighted by atomic mass is 16.5. The van der Waals surface area contributed by atoms with Gasteiger partial charge in [-0.15, -0.1) is 0 Å². The molecule has 0 saturated carbocycles. The lowest BCUT2D eigenvalue weighted by Gasteiger charge is -2.25. The number of hydrogen-bond acceptors (Lipinski definition) is 3. The van der Waals surface area contributed by atoms with Crippen LogP contribution in [0.3, 0.4) is 0 Å². The number of amides is 2. The summed E-state index contributed by atoms with van der Waals surface area (Å²) >= 11 is 0. The van der Waals surface area contributed by atoms with Crippen LogP contribution in [-0.2, 0) is 11.3 Å². The summed E-state index contributed by atoms with van der Waals surface area (Å²) in [6.07, 6.45) is 1.89. The maximum Gasteiger partial charge on any atom is 0.317 e. The Labute approximate surface area is 146 Å². The van der Waals surface area contributed by atoms with Gasteiger partial charge in [0.1, 0.15) is 0 Å². The highest BCUT2D eigenvalue weighted by Crippen LogP contribution is 2.11. The molecule has 0 aromatic heterocycles. The van der Waals surface area contributed by atoms with Crippen molar-refractivity contribution in [3.05, 3.63) is 35.4 Å². The van der Waals surface area contributed by atoms with Crippen molar-refractivity contribution >= 4 is 6.03 Å². The van der Waals surface area contributed by atoms with Crippen LogP contribution in [0, 0.1) is 6.92 Å². The molecule has 5 nitrogen and oxygen atoms in total. The first kappa shape index (κ1) is 18.7. The maximum absolute atomic E-state index is 12.7. The molecular weight excluding hydrogens is 302 g/mol. The lowest BCUT2D eigenvalue weighted by molar-refractivity contribution is 0.164. The second-order valence-electron chi connectivity index (χ2n) is 6.58. The minimum absolute atomic E-state index is 0.0367. The van der Waals surface area contributed by atoms with E-state index in [9.17, 15) is 4.79 Å². The number of nitrogens with zero attached hydrogens (tertiary/aromatic N) is 2. The van der Waals surface area contributed by atoms with Crippen LogP contribution in [0.15, 0.2) is 24.3 Å². The Morgan fingerprint density at radius 3 is 2.75 bits per heavy atom. The second kappa shape index (κ2) is 9.64. The van der Waals surface area contributed by atoms with Gasteiger partial charge in [0.25, 0.3) is 0 Å². The lowest BCUT2D eigenvalue weighted by Crippen LogP contribution is -2.46. The molecule has 1 atom stereocenters. The molecule has 1 aliphatic heterocycles. The van der Waals surface area contributed by atoms with Gasteiger partial charge in [0, 0.05) is 45.9 Å². The highest BCUT2D eigenvalue weighted by molar-refractivity contribution is 5.74. The van der Waals surface area contributed by atoms with E-state index in [4.69, 9.17) is 4.74 Å². The molecule has 1 fully saturated rings. The molecule has 2 rings (SSSR count). The van der Waals surface area contributed by atoms with Crippen LogP contribution in [-0.4, -0.2) is 61.8 Å². The van der Waals surface area contributed by atoms with E-state index in [1.165, 1.54) is 5.56 Å². The Hall–Kier alpha value is -1.59. The number of aryl methyl sites for hydroxylation is 1. The number of urea groups is 1. The monoisotopic (exact) mass is 333 g/mol. The quantitative estimate of drug-likeness (QED) is 0.744. The summed E-state index contributed by atoms with van der Waals surface area (Å²) in [5, 5.41) is 3.21. The van der Waals surface area contributed by atoms with Crippen molar-refractivity contribution in [3.8, 4) is 0 Å². The van der Waals surface area contributed by atoms with Gasteiger partial charge in [0.05, 0.1) is 0 Å². The van der Waals surface area contributed by atoms with E-state index in [2.05, 4.69) is 48.3 Å². The number of likely N-dealkylation sites (N-methyl/N-ethyl adjacent to an activating group) is 1. The van der Waals surface area contributed by atoms with Gasteiger partial charge in [0.15, 0.2) is 0 Å². The summed E-state index contributed by atoms with van der Waals surface area (Å²) < 4.78 is 5.13. The molecule has 0 unspecified atom stereocenters. The molecule has 2 amide bonds. The number of likely N-dealkylation sites (tertiary alicyclic amines) is 1. The largest absolute Gasteiger partial charge is 0.385 e. The van der Waals surface area contributed by atoms with Crippen molar-refractivity contribution in [1.82, 2.24) is 15.1 Å². The van der Waals surface area contributed by atoms with E-state index < -0.39 is 0 Å². The molecule has 1 saturated heterocycles. The van der Waals surface area contributed by atoms with Crippen LogP contribution in [0.4, 0.5) is 4.79 Å². The summed E-state index contributed by atoms with van der Waals surface area (Å²) in [6.45, 7) is 9.34. The predicted molar refractivity (Wildman–Crippen MR) is 97.1 cm³/mol. The van der Waals surface area contributed by atoms with E-state index in [0.717, 1.165) is 38.0 Å². The van der Waals surface area contributed by atoms with Crippen molar-refractivity contribution in [1.29, 1.82) is 0 Å². The number of ether oxygens (including phenoxy) is 1. The van der Waals surface area contributed by atoms with Crippen molar-refractivity contribution < 1.29 is 9.53 Å². The lowest BCUT2D eigenvalue weighted by atomic mass is 10.1. The average molecular weight is 333 g/mol. The van der Waals surface area contributed by atoms with Crippen molar-refractivity contribution in [2.45, 2.75) is 39.3 Å². The van der Waals surface area contributed by atoms with Crippen molar-refractivity contribution in [2.75, 3.05) is 39.9 Å². The standard InChI is InChI=1S/C19H31N3O2/c1-4-21-12-10-18(15-21)20-19(23)22(11-5-13-24-3)14-17-8-6-16(2)7-9-17/h6-9,18H,4-5,10-15H2,1-3H3,(H,20,23)/t18-/m0/s1. The SMILES string of the molecule is CCN1CC[C@H](NC(=O)N(CCCOC)Cc2ccc(C)cc2)C1. The van der Waals surface area contributed by atoms with Crippen LogP contribution in [0.25, 0.3) is 0 Å². The number of rotatable bonds is 8. The van der Waals surface area contributed by atoms with Gasteiger partial charge in [-0.2, -0.15) is 0 Å². The summed E-state index contributed by atoms with van der Waals surface area (Å²) in [4.78, 5) is 17.0. The van der Waals surface area contributed by atoms with Crippen LogP contribution < -0.4 is 5.32 Å². The van der Waals surface area contributed by atoms with Crippen molar-refractivity contribution in [3.63, 3.8) is 0 Å². The third kappa shape index (κ3) is 5.80. The fourth-order valence-electron chi connectivity index (χ4n) is 3.07. The molecule has 1 N–H and O–H groups in total. The Morgan fingerprint density at radius 2 is 2.12 bits per heavy atom. The molecule has 134 valence electrons. The van der Waals surface area contributed by atoms with E-state index in [0.29, 0.717) is 19.7 Å². The van der Waals surface area contributed by atoms with Crippen LogP contribution in [0.2, 0.25) is 0 Å². The summed E-state index contributed by atoms with van der Waals surface area (Å²) in [7, 11) is 1.70. The predicted octanol–water partition coefficient (Wildman–Crippen LogP) is 2.64. The Kier molecular flexibility index (Phi) is 7.53. The smallest absolute Gasteiger partial charge is 0.317 e. The zero-order chi connectivity index (χ0) is 17.4. The topological polar surface area (TPSA) is 44.8 Å². The summed E-state index contributed by atoms with van der Waals surface area (Å²) in [6, 6.07) is 8.68. The van der Waals surface area contributed by atoms with Crippen molar-refractivity contribution in [2.24, 2.45) is 0 Å². The highest BCUT2D eigenvalue weighted by Gasteiger charge is 2.24. The van der Waals surface area contributed by atoms with Gasteiger partial charge in [-0.1, -0.05) is 36.8 Å². The van der Waals surface area contributed by atoms with Crippen LogP contribution in [0.1, 0.15) is 30.9 Å². The summed E-state index contributed by atoms with van der Waals surface area (Å²) in [5.41, 5.74) is 2.40. The number of hydrogen-bond donors (Lipinski definition) is 1. The molecule has 0 radical (unpaired) electrons. The first-order chi connectivity index (χ1) is 11.6. The Morgan fingerprint density at radius 1 is 1.38 bits per heavy atom. The molecule has 24 heavy (non-hydrogen) atoms. The average Bonchev–Trinajstić information content (AvgIpc) is 3.03. The minimum Gasteiger partial charge on any atom is -0.385 e.